The lowest BCUT2D eigenvalue weighted by Crippen LogP contribution is -2.37. The van der Waals surface area contributed by atoms with Gasteiger partial charge in [0.05, 0.1) is 7.11 Å². The number of ketones is 1. The molecule has 0 unspecified atom stereocenters. The summed E-state index contributed by atoms with van der Waals surface area (Å²) in [5, 5.41) is 9.46. The van der Waals surface area contributed by atoms with Crippen molar-refractivity contribution in [2.75, 3.05) is 20.2 Å². The second-order valence-corrected chi connectivity index (χ2v) is 4.47. The first-order chi connectivity index (χ1) is 9.60. The Balaban J connectivity index is 2.06. The van der Waals surface area contributed by atoms with Crippen LogP contribution < -0.4 is 4.74 Å². The van der Waals surface area contributed by atoms with Crippen LogP contribution in [0.1, 0.15) is 18.4 Å². The van der Waals surface area contributed by atoms with Gasteiger partial charge in [-0.2, -0.15) is 0 Å². The highest BCUT2D eigenvalue weighted by molar-refractivity contribution is 5.95. The Morgan fingerprint density at radius 2 is 2.05 bits per heavy atom. The molecule has 5 heteroatoms. The Labute approximate surface area is 117 Å². The third-order valence-corrected chi connectivity index (χ3v) is 3.10. The lowest BCUT2D eigenvalue weighted by atomic mass is 10.1. The molecule has 1 N–H and O–H groups in total. The van der Waals surface area contributed by atoms with E-state index in [1.54, 1.807) is 17.0 Å². The zero-order valence-corrected chi connectivity index (χ0v) is 11.2. The summed E-state index contributed by atoms with van der Waals surface area (Å²) in [6.45, 7) is 0.872. The highest BCUT2D eigenvalue weighted by Gasteiger charge is 2.19. The van der Waals surface area contributed by atoms with Gasteiger partial charge >= 0.3 is 0 Å². The number of rotatable bonds is 1. The smallest absolute Gasteiger partial charge is 0.298 e. The van der Waals surface area contributed by atoms with Crippen molar-refractivity contribution in [3.05, 3.63) is 23.8 Å². The topological polar surface area (TPSA) is 66.8 Å². The summed E-state index contributed by atoms with van der Waals surface area (Å²) in [7, 11) is 1.45. The number of hydrogen-bond donors (Lipinski definition) is 1. The number of piperidine rings is 1. The van der Waals surface area contributed by atoms with Crippen LogP contribution in [0.25, 0.3) is 0 Å². The van der Waals surface area contributed by atoms with Gasteiger partial charge in [-0.3, -0.25) is 9.59 Å². The molecule has 1 fully saturated rings. The Hall–Kier alpha value is -2.48. The third-order valence-electron chi connectivity index (χ3n) is 3.10. The van der Waals surface area contributed by atoms with Gasteiger partial charge in [-0.25, -0.2) is 0 Å². The lowest BCUT2D eigenvalue weighted by molar-refractivity contribution is -0.129. The number of phenolic OH excluding ortho intramolecular Hbond substituents is 1. The molecule has 1 aliphatic heterocycles. The summed E-state index contributed by atoms with van der Waals surface area (Å²) in [5.41, 5.74) is 0.584. The highest BCUT2D eigenvalue weighted by Crippen LogP contribution is 2.25. The molecule has 0 saturated carbocycles. The fraction of sp³-hybridized carbons (Fsp3) is 0.333. The van der Waals surface area contributed by atoms with Gasteiger partial charge in [-0.15, -0.1) is 0 Å². The predicted octanol–water partition coefficient (Wildman–Crippen LogP) is 0.944. The molecule has 0 bridgehead atoms. The number of likely N-dealkylation sites (tertiary alicyclic amines) is 1. The molecule has 0 aromatic heterocycles. The Morgan fingerprint density at radius 3 is 2.70 bits per heavy atom. The van der Waals surface area contributed by atoms with Gasteiger partial charge in [-0.05, 0) is 18.2 Å². The molecule has 1 amide bonds. The molecule has 5 nitrogen and oxygen atoms in total. The number of aromatic hydroxyl groups is 1. The van der Waals surface area contributed by atoms with Crippen LogP contribution in [0.3, 0.4) is 0 Å². The third kappa shape index (κ3) is 3.29. The predicted molar refractivity (Wildman–Crippen MR) is 72.4 cm³/mol. The number of carbonyl (C=O) groups excluding carboxylic acids is 2. The summed E-state index contributed by atoms with van der Waals surface area (Å²) in [5.74, 6) is 5.52. The van der Waals surface area contributed by atoms with Crippen molar-refractivity contribution in [3.63, 3.8) is 0 Å². The van der Waals surface area contributed by atoms with E-state index in [9.17, 15) is 14.7 Å². The van der Waals surface area contributed by atoms with Crippen LogP contribution in [-0.4, -0.2) is 41.9 Å². The van der Waals surface area contributed by atoms with E-state index in [0.29, 0.717) is 37.2 Å². The first kappa shape index (κ1) is 13.9. The normalized spacial score (nSPS) is 14.4. The number of ether oxygens (including phenoxy) is 1. The highest BCUT2D eigenvalue weighted by atomic mass is 16.5. The molecular formula is C15H15NO4. The van der Waals surface area contributed by atoms with Crippen LogP contribution in [-0.2, 0) is 9.59 Å². The maximum atomic E-state index is 11.9. The summed E-state index contributed by atoms with van der Waals surface area (Å²) in [6.07, 6.45) is 0.806. The number of phenols is 1. The van der Waals surface area contributed by atoms with Gasteiger partial charge in [0.2, 0.25) is 0 Å². The minimum absolute atomic E-state index is 0.0268. The maximum Gasteiger partial charge on any atom is 0.298 e. The largest absolute Gasteiger partial charge is 0.504 e. The van der Waals surface area contributed by atoms with E-state index < -0.39 is 0 Å². The first-order valence-electron chi connectivity index (χ1n) is 6.30. The SMILES string of the molecule is COc1cc(C#CC(=O)N2CCC(=O)CC2)ccc1O. The molecule has 0 atom stereocenters. The van der Waals surface area contributed by atoms with E-state index in [0.717, 1.165) is 0 Å². The molecule has 1 heterocycles. The molecule has 20 heavy (non-hydrogen) atoms. The van der Waals surface area contributed by atoms with Crippen LogP contribution in [0.15, 0.2) is 18.2 Å². The monoisotopic (exact) mass is 273 g/mol. The van der Waals surface area contributed by atoms with E-state index in [1.807, 2.05) is 0 Å². The molecule has 0 spiro atoms. The van der Waals surface area contributed by atoms with Gasteiger partial charge in [0.15, 0.2) is 11.5 Å². The van der Waals surface area contributed by atoms with Crippen molar-refractivity contribution in [1.29, 1.82) is 0 Å². The quantitative estimate of drug-likeness (QED) is 0.773. The van der Waals surface area contributed by atoms with Gasteiger partial charge in [0.1, 0.15) is 5.78 Å². The Bertz CT molecular complexity index is 588. The average Bonchev–Trinajstić information content (AvgIpc) is 2.46. The van der Waals surface area contributed by atoms with Gasteiger partial charge < -0.3 is 14.7 Å². The molecule has 1 saturated heterocycles. The van der Waals surface area contributed by atoms with Gasteiger partial charge in [0.25, 0.3) is 5.91 Å². The summed E-state index contributed by atoms with van der Waals surface area (Å²) in [4.78, 5) is 24.5. The maximum absolute atomic E-state index is 11.9. The lowest BCUT2D eigenvalue weighted by Gasteiger charge is -2.23. The average molecular weight is 273 g/mol. The molecular weight excluding hydrogens is 258 g/mol. The van der Waals surface area contributed by atoms with Crippen molar-refractivity contribution in [3.8, 4) is 23.3 Å². The van der Waals surface area contributed by atoms with Crippen molar-refractivity contribution >= 4 is 11.7 Å². The van der Waals surface area contributed by atoms with Crippen molar-refractivity contribution in [2.24, 2.45) is 0 Å². The molecule has 0 aliphatic carbocycles. The second-order valence-electron chi connectivity index (χ2n) is 4.47. The minimum Gasteiger partial charge on any atom is -0.504 e. The van der Waals surface area contributed by atoms with E-state index >= 15 is 0 Å². The number of carbonyl (C=O) groups is 2. The van der Waals surface area contributed by atoms with Gasteiger partial charge in [-0.1, -0.05) is 5.92 Å². The summed E-state index contributed by atoms with van der Waals surface area (Å²) in [6, 6.07) is 4.64. The summed E-state index contributed by atoms with van der Waals surface area (Å²) < 4.78 is 4.97. The van der Waals surface area contributed by atoms with Crippen LogP contribution in [0.5, 0.6) is 11.5 Å². The molecule has 1 aromatic carbocycles. The van der Waals surface area contributed by atoms with Gasteiger partial charge in [0, 0.05) is 37.4 Å². The van der Waals surface area contributed by atoms with Crippen LogP contribution in [0, 0.1) is 11.8 Å². The second kappa shape index (κ2) is 6.11. The molecule has 1 aromatic rings. The number of amides is 1. The fourth-order valence-corrected chi connectivity index (χ4v) is 1.92. The first-order valence-corrected chi connectivity index (χ1v) is 6.30. The van der Waals surface area contributed by atoms with E-state index in [-0.39, 0.29) is 17.4 Å². The molecule has 104 valence electrons. The standard InChI is InChI=1S/C15H15NO4/c1-20-14-10-11(2-4-13(14)18)3-5-15(19)16-8-6-12(17)7-9-16/h2,4,10,18H,6-9H2,1H3. The van der Waals surface area contributed by atoms with E-state index in [4.69, 9.17) is 4.74 Å². The zero-order valence-electron chi connectivity index (χ0n) is 11.2. The Morgan fingerprint density at radius 1 is 1.35 bits per heavy atom. The zero-order chi connectivity index (χ0) is 14.5. The van der Waals surface area contributed by atoms with E-state index in [1.165, 1.54) is 13.2 Å². The van der Waals surface area contributed by atoms with Crippen molar-refractivity contribution < 1.29 is 19.4 Å². The minimum atomic E-state index is -0.287. The number of benzene rings is 1. The summed E-state index contributed by atoms with van der Waals surface area (Å²) >= 11 is 0. The van der Waals surface area contributed by atoms with Crippen molar-refractivity contribution in [1.82, 2.24) is 4.90 Å². The number of hydrogen-bond acceptors (Lipinski definition) is 4. The molecule has 2 rings (SSSR count). The van der Waals surface area contributed by atoms with Crippen molar-refractivity contribution in [2.45, 2.75) is 12.8 Å². The fourth-order valence-electron chi connectivity index (χ4n) is 1.92. The van der Waals surface area contributed by atoms with Crippen LogP contribution in [0.2, 0.25) is 0 Å². The van der Waals surface area contributed by atoms with Crippen LogP contribution in [0.4, 0.5) is 0 Å². The number of Topliss-reactive ketones (excluding diaryl/α,β-unsaturated/α-hetero) is 1. The number of nitrogens with zero attached hydrogens (tertiary/aromatic N) is 1. The number of methoxy groups -OCH3 is 1. The van der Waals surface area contributed by atoms with E-state index in [2.05, 4.69) is 11.8 Å². The molecule has 0 radical (unpaired) electrons. The Kier molecular flexibility index (Phi) is 4.26. The molecule has 1 aliphatic rings. The van der Waals surface area contributed by atoms with Crippen LogP contribution >= 0.6 is 0 Å².